The predicted octanol–water partition coefficient (Wildman–Crippen LogP) is 0.896. The molecular weight excluding hydrogens is 124 g/mol. The van der Waals surface area contributed by atoms with Gasteiger partial charge >= 0.3 is 0 Å². The van der Waals surface area contributed by atoms with Crippen molar-refractivity contribution >= 4 is 0 Å². The Labute approximate surface area is 62.4 Å². The molecule has 2 aliphatic carbocycles. The second-order valence-electron chi connectivity index (χ2n) is 3.45. The van der Waals surface area contributed by atoms with E-state index >= 15 is 0 Å². The number of nitrogens with zero attached hydrogens (tertiary/aromatic N) is 1. The largest absolute Gasteiger partial charge is 0.296 e. The standard InChI is InChI=1S/C8H15N2/c9-5-6-10(7-1-2-7)8-3-4-8/h7-9H,1-6H2. The van der Waals surface area contributed by atoms with E-state index in [1.165, 1.54) is 25.7 Å². The highest BCUT2D eigenvalue weighted by molar-refractivity contribution is 4.94. The van der Waals surface area contributed by atoms with E-state index in [9.17, 15) is 0 Å². The summed E-state index contributed by atoms with van der Waals surface area (Å²) in [5.41, 5.74) is 7.13. The monoisotopic (exact) mass is 139 g/mol. The van der Waals surface area contributed by atoms with Crippen LogP contribution in [0.25, 0.3) is 0 Å². The van der Waals surface area contributed by atoms with Crippen LogP contribution < -0.4 is 5.73 Å². The van der Waals surface area contributed by atoms with E-state index in [0.717, 1.165) is 18.6 Å². The van der Waals surface area contributed by atoms with Crippen LogP contribution in [0.1, 0.15) is 25.7 Å². The van der Waals surface area contributed by atoms with Crippen molar-refractivity contribution in [3.05, 3.63) is 0 Å². The van der Waals surface area contributed by atoms with Gasteiger partial charge in [0.1, 0.15) is 0 Å². The van der Waals surface area contributed by atoms with Crippen LogP contribution in [0.4, 0.5) is 0 Å². The average molecular weight is 139 g/mol. The number of hydrogen-bond donors (Lipinski definition) is 0. The molecule has 0 saturated heterocycles. The Kier molecular flexibility index (Phi) is 1.66. The molecule has 0 aliphatic heterocycles. The van der Waals surface area contributed by atoms with Gasteiger partial charge < -0.3 is 0 Å². The molecule has 1 N–H and O–H groups in total. The molecule has 2 saturated carbocycles. The fourth-order valence-electron chi connectivity index (χ4n) is 1.60. The molecule has 0 atom stereocenters. The molecular formula is C8H15N2. The molecule has 0 amide bonds. The van der Waals surface area contributed by atoms with Gasteiger partial charge in [0.25, 0.3) is 0 Å². The highest BCUT2D eigenvalue weighted by Gasteiger charge is 2.38. The van der Waals surface area contributed by atoms with Crippen molar-refractivity contribution in [1.29, 1.82) is 0 Å². The summed E-state index contributed by atoms with van der Waals surface area (Å²) in [6, 6.07) is 1.77. The third-order valence-electron chi connectivity index (χ3n) is 2.40. The summed E-state index contributed by atoms with van der Waals surface area (Å²) in [7, 11) is 0. The maximum atomic E-state index is 7.13. The van der Waals surface area contributed by atoms with Crippen LogP contribution in [0.3, 0.4) is 0 Å². The summed E-state index contributed by atoms with van der Waals surface area (Å²) in [6.45, 7) is 1.61. The van der Waals surface area contributed by atoms with E-state index < -0.39 is 0 Å². The van der Waals surface area contributed by atoms with Gasteiger partial charge in [-0.25, -0.2) is 0 Å². The first kappa shape index (κ1) is 6.62. The van der Waals surface area contributed by atoms with Gasteiger partial charge in [-0.2, -0.15) is 0 Å². The first-order chi connectivity index (χ1) is 4.92. The smallest absolute Gasteiger partial charge is 0.0228 e. The van der Waals surface area contributed by atoms with Gasteiger partial charge in [0, 0.05) is 25.2 Å². The van der Waals surface area contributed by atoms with Gasteiger partial charge in [0.05, 0.1) is 0 Å². The first-order valence-corrected chi connectivity index (χ1v) is 4.32. The summed E-state index contributed by atoms with van der Waals surface area (Å²) in [4.78, 5) is 2.55. The zero-order valence-corrected chi connectivity index (χ0v) is 6.34. The molecule has 0 aromatic carbocycles. The molecule has 0 bridgehead atoms. The molecule has 0 aromatic heterocycles. The van der Waals surface area contributed by atoms with E-state index in [1.807, 2.05) is 0 Å². The van der Waals surface area contributed by atoms with Crippen molar-refractivity contribution in [3.8, 4) is 0 Å². The van der Waals surface area contributed by atoms with Crippen LogP contribution >= 0.6 is 0 Å². The van der Waals surface area contributed by atoms with Crippen LogP contribution in [0.2, 0.25) is 0 Å². The van der Waals surface area contributed by atoms with E-state index in [2.05, 4.69) is 4.90 Å². The summed E-state index contributed by atoms with van der Waals surface area (Å²) in [5, 5.41) is 0. The van der Waals surface area contributed by atoms with E-state index in [0.29, 0.717) is 6.54 Å². The Morgan fingerprint density at radius 2 is 1.60 bits per heavy atom. The fourth-order valence-corrected chi connectivity index (χ4v) is 1.60. The zero-order valence-electron chi connectivity index (χ0n) is 6.34. The molecule has 57 valence electrons. The lowest BCUT2D eigenvalue weighted by atomic mass is 10.4. The third-order valence-corrected chi connectivity index (χ3v) is 2.40. The zero-order chi connectivity index (χ0) is 6.97. The number of nitrogens with one attached hydrogen (secondary N) is 1. The second-order valence-corrected chi connectivity index (χ2v) is 3.45. The first-order valence-electron chi connectivity index (χ1n) is 4.32. The van der Waals surface area contributed by atoms with Crippen LogP contribution in [0, 0.1) is 0 Å². The number of rotatable bonds is 4. The normalized spacial score (nSPS) is 25.8. The lowest BCUT2D eigenvalue weighted by molar-refractivity contribution is 0.259. The predicted molar refractivity (Wildman–Crippen MR) is 40.7 cm³/mol. The van der Waals surface area contributed by atoms with Crippen molar-refractivity contribution in [2.75, 3.05) is 13.1 Å². The molecule has 0 spiro atoms. The highest BCUT2D eigenvalue weighted by Crippen LogP contribution is 2.36. The molecule has 10 heavy (non-hydrogen) atoms. The van der Waals surface area contributed by atoms with E-state index in [4.69, 9.17) is 5.73 Å². The topological polar surface area (TPSA) is 27.0 Å². The minimum absolute atomic E-state index is 0.590. The molecule has 2 nitrogen and oxygen atoms in total. The number of hydrogen-bond acceptors (Lipinski definition) is 1. The SMILES string of the molecule is [NH]CCN(C1CC1)C1CC1. The minimum atomic E-state index is 0.590. The summed E-state index contributed by atoms with van der Waals surface area (Å²) in [5.74, 6) is 0. The van der Waals surface area contributed by atoms with Crippen molar-refractivity contribution < 1.29 is 0 Å². The third kappa shape index (κ3) is 1.32. The Morgan fingerprint density at radius 1 is 1.10 bits per heavy atom. The Hall–Kier alpha value is -0.0800. The lowest BCUT2D eigenvalue weighted by Gasteiger charge is -2.19. The van der Waals surface area contributed by atoms with Gasteiger partial charge in [-0.3, -0.25) is 10.6 Å². The summed E-state index contributed by atoms with van der Waals surface area (Å²) < 4.78 is 0. The van der Waals surface area contributed by atoms with Crippen molar-refractivity contribution in [2.45, 2.75) is 37.8 Å². The molecule has 0 unspecified atom stereocenters. The van der Waals surface area contributed by atoms with Gasteiger partial charge in [0.15, 0.2) is 0 Å². The summed E-state index contributed by atoms with van der Waals surface area (Å²) in [6.07, 6.45) is 5.60. The molecule has 0 aromatic rings. The molecule has 2 rings (SSSR count). The maximum Gasteiger partial charge on any atom is 0.0228 e. The van der Waals surface area contributed by atoms with Gasteiger partial charge in [0.2, 0.25) is 0 Å². The Morgan fingerprint density at radius 3 is 1.90 bits per heavy atom. The van der Waals surface area contributed by atoms with Crippen LogP contribution in [0.15, 0.2) is 0 Å². The molecule has 0 heterocycles. The van der Waals surface area contributed by atoms with Crippen LogP contribution in [-0.2, 0) is 0 Å². The Bertz CT molecular complexity index is 104. The summed E-state index contributed by atoms with van der Waals surface area (Å²) >= 11 is 0. The molecule has 1 radical (unpaired) electrons. The highest BCUT2D eigenvalue weighted by atomic mass is 15.2. The van der Waals surface area contributed by atoms with Crippen LogP contribution in [-0.4, -0.2) is 30.1 Å². The van der Waals surface area contributed by atoms with Crippen molar-refractivity contribution in [1.82, 2.24) is 10.6 Å². The Balaban J connectivity index is 1.80. The van der Waals surface area contributed by atoms with Crippen LogP contribution in [0.5, 0.6) is 0 Å². The van der Waals surface area contributed by atoms with Gasteiger partial charge in [-0.15, -0.1) is 0 Å². The quantitative estimate of drug-likeness (QED) is 0.568. The molecule has 2 aliphatic rings. The molecule has 2 heteroatoms. The fraction of sp³-hybridized carbons (Fsp3) is 1.00. The van der Waals surface area contributed by atoms with E-state index in [-0.39, 0.29) is 0 Å². The van der Waals surface area contributed by atoms with Crippen molar-refractivity contribution in [3.63, 3.8) is 0 Å². The second kappa shape index (κ2) is 2.51. The maximum absolute atomic E-state index is 7.13. The average Bonchev–Trinajstić information content (AvgIpc) is 2.77. The van der Waals surface area contributed by atoms with E-state index in [1.54, 1.807) is 0 Å². The van der Waals surface area contributed by atoms with Crippen molar-refractivity contribution in [2.24, 2.45) is 0 Å². The lowest BCUT2D eigenvalue weighted by Crippen LogP contribution is -2.31. The molecule has 2 fully saturated rings. The minimum Gasteiger partial charge on any atom is -0.296 e. The van der Waals surface area contributed by atoms with Gasteiger partial charge in [-0.1, -0.05) is 0 Å². The van der Waals surface area contributed by atoms with Gasteiger partial charge in [-0.05, 0) is 25.7 Å².